The molecule has 0 saturated heterocycles. The fraction of sp³-hybridized carbons (Fsp3) is 0.500. The van der Waals surface area contributed by atoms with Crippen LogP contribution in [-0.2, 0) is 6.42 Å². The van der Waals surface area contributed by atoms with Gasteiger partial charge in [0.05, 0.1) is 7.11 Å². The first-order valence-corrected chi connectivity index (χ1v) is 6.21. The van der Waals surface area contributed by atoms with Crippen molar-refractivity contribution in [3.05, 3.63) is 28.2 Å². The van der Waals surface area contributed by atoms with Crippen molar-refractivity contribution in [2.24, 2.45) is 5.73 Å². The van der Waals surface area contributed by atoms with Crippen molar-refractivity contribution in [2.45, 2.75) is 19.4 Å². The van der Waals surface area contributed by atoms with Crippen LogP contribution in [0.25, 0.3) is 0 Å². The van der Waals surface area contributed by atoms with Crippen molar-refractivity contribution >= 4 is 15.9 Å². The molecule has 0 fully saturated rings. The first kappa shape index (κ1) is 13.5. The van der Waals surface area contributed by atoms with Gasteiger partial charge in [0.2, 0.25) is 0 Å². The Morgan fingerprint density at radius 2 is 2.25 bits per heavy atom. The predicted octanol–water partition coefficient (Wildman–Crippen LogP) is 1.94. The molecule has 0 amide bonds. The normalized spacial score (nSPS) is 12.5. The molecule has 4 heteroatoms. The van der Waals surface area contributed by atoms with E-state index < -0.39 is 0 Å². The predicted molar refractivity (Wildman–Crippen MR) is 70.9 cm³/mol. The van der Waals surface area contributed by atoms with Crippen LogP contribution in [0.1, 0.15) is 12.5 Å². The van der Waals surface area contributed by atoms with Gasteiger partial charge in [-0.25, -0.2) is 0 Å². The van der Waals surface area contributed by atoms with Crippen molar-refractivity contribution in [1.82, 2.24) is 5.32 Å². The van der Waals surface area contributed by atoms with Crippen LogP contribution in [0, 0.1) is 0 Å². The topological polar surface area (TPSA) is 47.3 Å². The molecule has 1 aromatic rings. The van der Waals surface area contributed by atoms with Crippen molar-refractivity contribution in [2.75, 3.05) is 20.2 Å². The van der Waals surface area contributed by atoms with Gasteiger partial charge in [0.1, 0.15) is 5.75 Å². The summed E-state index contributed by atoms with van der Waals surface area (Å²) in [6.07, 6.45) is 0.940. The quantitative estimate of drug-likeness (QED) is 0.786. The summed E-state index contributed by atoms with van der Waals surface area (Å²) in [6.45, 7) is 3.75. The molecule has 0 heterocycles. The van der Waals surface area contributed by atoms with E-state index in [9.17, 15) is 0 Å². The summed E-state index contributed by atoms with van der Waals surface area (Å²) in [5.74, 6) is 0.936. The fourth-order valence-electron chi connectivity index (χ4n) is 1.50. The molecule has 0 saturated carbocycles. The zero-order valence-corrected chi connectivity index (χ0v) is 11.4. The van der Waals surface area contributed by atoms with Crippen LogP contribution >= 0.6 is 15.9 Å². The van der Waals surface area contributed by atoms with Gasteiger partial charge in [-0.2, -0.15) is 0 Å². The molecule has 16 heavy (non-hydrogen) atoms. The molecule has 0 aliphatic carbocycles. The SMILES string of the molecule is COc1ccc(Br)cc1CCNCC(C)N. The van der Waals surface area contributed by atoms with Crippen LogP contribution in [0.4, 0.5) is 0 Å². The maximum Gasteiger partial charge on any atom is 0.122 e. The second kappa shape index (κ2) is 6.89. The monoisotopic (exact) mass is 286 g/mol. The zero-order chi connectivity index (χ0) is 12.0. The lowest BCUT2D eigenvalue weighted by Gasteiger charge is -2.10. The maximum atomic E-state index is 5.66. The summed E-state index contributed by atoms with van der Waals surface area (Å²) in [6, 6.07) is 6.25. The van der Waals surface area contributed by atoms with Crippen LogP contribution in [0.3, 0.4) is 0 Å². The third-order valence-electron chi connectivity index (χ3n) is 2.28. The van der Waals surface area contributed by atoms with Crippen LogP contribution in [0.2, 0.25) is 0 Å². The molecule has 1 atom stereocenters. The molecule has 0 bridgehead atoms. The van der Waals surface area contributed by atoms with Gasteiger partial charge in [0.15, 0.2) is 0 Å². The Morgan fingerprint density at radius 1 is 1.50 bits per heavy atom. The fourth-order valence-corrected chi connectivity index (χ4v) is 1.90. The van der Waals surface area contributed by atoms with Gasteiger partial charge >= 0.3 is 0 Å². The molecule has 0 aromatic heterocycles. The molecular weight excluding hydrogens is 268 g/mol. The number of halogens is 1. The number of hydrogen-bond donors (Lipinski definition) is 2. The number of rotatable bonds is 6. The van der Waals surface area contributed by atoms with Crippen LogP contribution in [0.15, 0.2) is 22.7 Å². The van der Waals surface area contributed by atoms with E-state index in [0.717, 1.165) is 29.7 Å². The van der Waals surface area contributed by atoms with Crippen LogP contribution in [0.5, 0.6) is 5.75 Å². The number of hydrogen-bond acceptors (Lipinski definition) is 3. The summed E-state index contributed by atoms with van der Waals surface area (Å²) in [5.41, 5.74) is 6.86. The van der Waals surface area contributed by atoms with Gasteiger partial charge in [-0.1, -0.05) is 15.9 Å². The second-order valence-electron chi connectivity index (χ2n) is 3.89. The molecule has 1 rings (SSSR count). The Hall–Kier alpha value is -0.580. The molecule has 3 N–H and O–H groups in total. The molecule has 1 aromatic carbocycles. The minimum atomic E-state index is 0.199. The van der Waals surface area contributed by atoms with Gasteiger partial charge < -0.3 is 15.8 Å². The zero-order valence-electron chi connectivity index (χ0n) is 9.79. The number of benzene rings is 1. The van der Waals surface area contributed by atoms with E-state index >= 15 is 0 Å². The molecule has 0 spiro atoms. The van der Waals surface area contributed by atoms with E-state index in [2.05, 4.69) is 27.3 Å². The molecule has 0 aliphatic rings. The Balaban J connectivity index is 2.48. The van der Waals surface area contributed by atoms with Crippen molar-refractivity contribution in [3.8, 4) is 5.75 Å². The number of ether oxygens (including phenoxy) is 1. The Kier molecular flexibility index (Phi) is 5.80. The minimum Gasteiger partial charge on any atom is -0.496 e. The maximum absolute atomic E-state index is 5.66. The summed E-state index contributed by atoms with van der Waals surface area (Å²) < 4.78 is 6.38. The van der Waals surface area contributed by atoms with E-state index in [1.54, 1.807) is 7.11 Å². The Labute approximate surface area is 105 Å². The summed E-state index contributed by atoms with van der Waals surface area (Å²) >= 11 is 3.46. The van der Waals surface area contributed by atoms with Crippen LogP contribution in [-0.4, -0.2) is 26.2 Å². The third-order valence-corrected chi connectivity index (χ3v) is 2.77. The smallest absolute Gasteiger partial charge is 0.122 e. The summed E-state index contributed by atoms with van der Waals surface area (Å²) in [4.78, 5) is 0. The average Bonchev–Trinajstić information content (AvgIpc) is 2.24. The van der Waals surface area contributed by atoms with Gasteiger partial charge in [-0.15, -0.1) is 0 Å². The number of nitrogens with one attached hydrogen (secondary N) is 1. The Bertz CT molecular complexity index is 329. The van der Waals surface area contributed by atoms with E-state index in [-0.39, 0.29) is 6.04 Å². The lowest BCUT2D eigenvalue weighted by molar-refractivity contribution is 0.409. The first-order valence-electron chi connectivity index (χ1n) is 5.42. The standard InChI is InChI=1S/C12H19BrN2O/c1-9(14)8-15-6-5-10-7-11(13)3-4-12(10)16-2/h3-4,7,9,15H,5-6,8,14H2,1-2H3. The van der Waals surface area contributed by atoms with Gasteiger partial charge in [0.25, 0.3) is 0 Å². The Morgan fingerprint density at radius 3 is 2.88 bits per heavy atom. The lowest BCUT2D eigenvalue weighted by atomic mass is 10.1. The molecule has 90 valence electrons. The van der Waals surface area contributed by atoms with Crippen molar-refractivity contribution in [3.63, 3.8) is 0 Å². The molecule has 0 radical (unpaired) electrons. The van der Waals surface area contributed by atoms with Crippen molar-refractivity contribution in [1.29, 1.82) is 0 Å². The molecular formula is C12H19BrN2O. The van der Waals surface area contributed by atoms with Gasteiger partial charge in [0, 0.05) is 17.1 Å². The van der Waals surface area contributed by atoms with Crippen molar-refractivity contribution < 1.29 is 4.74 Å². The van der Waals surface area contributed by atoms with Crippen LogP contribution < -0.4 is 15.8 Å². The van der Waals surface area contributed by atoms with E-state index in [1.165, 1.54) is 5.56 Å². The molecule has 0 aliphatic heterocycles. The lowest BCUT2D eigenvalue weighted by Crippen LogP contribution is -2.32. The largest absolute Gasteiger partial charge is 0.496 e. The second-order valence-corrected chi connectivity index (χ2v) is 4.80. The minimum absolute atomic E-state index is 0.199. The highest BCUT2D eigenvalue weighted by Gasteiger charge is 2.03. The number of nitrogens with two attached hydrogens (primary N) is 1. The molecule has 1 unspecified atom stereocenters. The van der Waals surface area contributed by atoms with E-state index in [4.69, 9.17) is 10.5 Å². The first-order chi connectivity index (χ1) is 7.63. The highest BCUT2D eigenvalue weighted by atomic mass is 79.9. The highest BCUT2D eigenvalue weighted by molar-refractivity contribution is 9.10. The molecule has 3 nitrogen and oxygen atoms in total. The van der Waals surface area contributed by atoms with Gasteiger partial charge in [-0.3, -0.25) is 0 Å². The third kappa shape index (κ3) is 4.51. The number of methoxy groups -OCH3 is 1. The summed E-state index contributed by atoms with van der Waals surface area (Å²) in [5, 5.41) is 3.31. The average molecular weight is 287 g/mol. The summed E-state index contributed by atoms with van der Waals surface area (Å²) in [7, 11) is 1.70. The highest BCUT2D eigenvalue weighted by Crippen LogP contribution is 2.22. The van der Waals surface area contributed by atoms with E-state index in [0.29, 0.717) is 0 Å². The van der Waals surface area contributed by atoms with Gasteiger partial charge in [-0.05, 0) is 43.7 Å². The van der Waals surface area contributed by atoms with E-state index in [1.807, 2.05) is 19.1 Å².